The first-order valence-corrected chi connectivity index (χ1v) is 7.45. The summed E-state index contributed by atoms with van der Waals surface area (Å²) in [4.78, 5) is 12.0. The third-order valence-corrected chi connectivity index (χ3v) is 3.43. The van der Waals surface area contributed by atoms with E-state index in [2.05, 4.69) is 21.2 Å². The predicted molar refractivity (Wildman–Crippen MR) is 83.0 cm³/mol. The molecule has 1 amide bonds. The van der Waals surface area contributed by atoms with Crippen molar-refractivity contribution in [2.75, 3.05) is 10.6 Å². The maximum atomic E-state index is 13.9. The number of carbonyl (C=O) groups excluding carboxylic acids is 1. The van der Waals surface area contributed by atoms with Crippen LogP contribution in [0.2, 0.25) is 0 Å². The van der Waals surface area contributed by atoms with Crippen LogP contribution >= 0.6 is 15.9 Å². The fraction of sp³-hybridized carbons (Fsp3) is 0.188. The Morgan fingerprint density at radius 2 is 1.90 bits per heavy atom. The maximum absolute atomic E-state index is 13.9. The van der Waals surface area contributed by atoms with Crippen molar-refractivity contribution >= 4 is 27.5 Å². The Morgan fingerprint density at radius 1 is 1.20 bits per heavy atom. The van der Waals surface area contributed by atoms with Gasteiger partial charge in [-0.1, -0.05) is 40.2 Å². The van der Waals surface area contributed by atoms with E-state index in [1.165, 1.54) is 11.6 Å². The number of carbonyl (C=O) groups is 1. The fourth-order valence-electron chi connectivity index (χ4n) is 1.89. The van der Waals surface area contributed by atoms with Crippen LogP contribution in [-0.2, 0) is 6.42 Å². The monoisotopic (exact) mass is 335 g/mol. The number of halogens is 2. The number of benzene rings is 2. The molecule has 104 valence electrons. The van der Waals surface area contributed by atoms with Gasteiger partial charge in [-0.15, -0.1) is 0 Å². The number of anilines is 1. The standard InChI is InChI=1S/C16H15BrFNO/c1-11-3-2-4-14(15(11)18)16(20)19-13-7-5-12(6-8-13)9-10-17/h2-8H,9-10H2,1H3,(H,19,20). The van der Waals surface area contributed by atoms with Gasteiger partial charge in [0.15, 0.2) is 0 Å². The van der Waals surface area contributed by atoms with Gasteiger partial charge >= 0.3 is 0 Å². The van der Waals surface area contributed by atoms with Gasteiger partial charge in [-0.25, -0.2) is 4.39 Å². The maximum Gasteiger partial charge on any atom is 0.258 e. The Labute approximate surface area is 126 Å². The van der Waals surface area contributed by atoms with Crippen LogP contribution in [0.1, 0.15) is 21.5 Å². The van der Waals surface area contributed by atoms with Crippen LogP contribution in [0.5, 0.6) is 0 Å². The van der Waals surface area contributed by atoms with Crippen molar-refractivity contribution < 1.29 is 9.18 Å². The van der Waals surface area contributed by atoms with E-state index >= 15 is 0 Å². The molecule has 2 rings (SSSR count). The highest BCUT2D eigenvalue weighted by molar-refractivity contribution is 9.09. The third-order valence-electron chi connectivity index (χ3n) is 3.03. The predicted octanol–water partition coefficient (Wildman–Crippen LogP) is 4.32. The van der Waals surface area contributed by atoms with Gasteiger partial charge in [-0.05, 0) is 42.7 Å². The zero-order valence-electron chi connectivity index (χ0n) is 11.1. The minimum atomic E-state index is -0.471. The highest BCUT2D eigenvalue weighted by atomic mass is 79.9. The van der Waals surface area contributed by atoms with Crippen molar-refractivity contribution in [3.05, 3.63) is 65.0 Å². The number of alkyl halides is 1. The lowest BCUT2D eigenvalue weighted by atomic mass is 10.1. The van der Waals surface area contributed by atoms with Gasteiger partial charge in [0.25, 0.3) is 5.91 Å². The van der Waals surface area contributed by atoms with Crippen LogP contribution in [0.4, 0.5) is 10.1 Å². The summed E-state index contributed by atoms with van der Waals surface area (Å²) < 4.78 is 13.9. The number of nitrogens with one attached hydrogen (secondary N) is 1. The molecule has 1 N–H and O–H groups in total. The molecule has 20 heavy (non-hydrogen) atoms. The van der Waals surface area contributed by atoms with Crippen molar-refractivity contribution in [3.8, 4) is 0 Å². The molecule has 0 aliphatic carbocycles. The zero-order valence-corrected chi connectivity index (χ0v) is 12.7. The van der Waals surface area contributed by atoms with E-state index < -0.39 is 11.7 Å². The minimum absolute atomic E-state index is 0.0644. The molecule has 0 fully saturated rings. The smallest absolute Gasteiger partial charge is 0.258 e. The molecular weight excluding hydrogens is 321 g/mol. The quantitative estimate of drug-likeness (QED) is 0.828. The number of hydrogen-bond donors (Lipinski definition) is 1. The summed E-state index contributed by atoms with van der Waals surface area (Å²) in [5.74, 6) is -0.902. The summed E-state index contributed by atoms with van der Waals surface area (Å²) in [6.45, 7) is 1.64. The van der Waals surface area contributed by atoms with E-state index in [9.17, 15) is 9.18 Å². The van der Waals surface area contributed by atoms with Crippen molar-refractivity contribution in [1.82, 2.24) is 0 Å². The summed E-state index contributed by atoms with van der Waals surface area (Å²) >= 11 is 3.38. The van der Waals surface area contributed by atoms with E-state index in [-0.39, 0.29) is 5.56 Å². The third kappa shape index (κ3) is 3.45. The fourth-order valence-corrected chi connectivity index (χ4v) is 2.34. The topological polar surface area (TPSA) is 29.1 Å². The van der Waals surface area contributed by atoms with Gasteiger partial charge in [0.2, 0.25) is 0 Å². The molecule has 0 spiro atoms. The van der Waals surface area contributed by atoms with Gasteiger partial charge < -0.3 is 5.32 Å². The molecule has 0 saturated carbocycles. The molecule has 0 aliphatic heterocycles. The second-order valence-corrected chi connectivity index (χ2v) is 5.32. The SMILES string of the molecule is Cc1cccc(C(=O)Nc2ccc(CCBr)cc2)c1F. The largest absolute Gasteiger partial charge is 0.322 e. The molecule has 4 heteroatoms. The average molecular weight is 336 g/mol. The first kappa shape index (κ1) is 14.7. The molecule has 0 saturated heterocycles. The first-order valence-electron chi connectivity index (χ1n) is 6.33. The van der Waals surface area contributed by atoms with Crippen LogP contribution in [0.3, 0.4) is 0 Å². The van der Waals surface area contributed by atoms with E-state index in [1.807, 2.05) is 24.3 Å². The highest BCUT2D eigenvalue weighted by Crippen LogP contribution is 2.16. The van der Waals surface area contributed by atoms with Crippen LogP contribution in [-0.4, -0.2) is 11.2 Å². The Bertz CT molecular complexity index is 610. The Hall–Kier alpha value is -1.68. The van der Waals surface area contributed by atoms with Crippen LogP contribution in [0, 0.1) is 12.7 Å². The molecule has 0 aliphatic rings. The Balaban J connectivity index is 2.13. The molecule has 0 aromatic heterocycles. The second kappa shape index (κ2) is 6.66. The van der Waals surface area contributed by atoms with Crippen molar-refractivity contribution in [3.63, 3.8) is 0 Å². The van der Waals surface area contributed by atoms with E-state index in [1.54, 1.807) is 19.1 Å². The minimum Gasteiger partial charge on any atom is -0.322 e. The normalized spacial score (nSPS) is 10.3. The first-order chi connectivity index (χ1) is 9.61. The summed E-state index contributed by atoms with van der Waals surface area (Å²) in [5.41, 5.74) is 2.37. The highest BCUT2D eigenvalue weighted by Gasteiger charge is 2.13. The number of aryl methyl sites for hydroxylation is 2. The van der Waals surface area contributed by atoms with Gasteiger partial charge in [-0.3, -0.25) is 4.79 Å². The van der Waals surface area contributed by atoms with Crippen LogP contribution < -0.4 is 5.32 Å². The molecule has 0 bridgehead atoms. The second-order valence-electron chi connectivity index (χ2n) is 4.53. The van der Waals surface area contributed by atoms with Gasteiger partial charge in [0.05, 0.1) is 5.56 Å². The average Bonchev–Trinajstić information content (AvgIpc) is 2.44. The summed E-state index contributed by atoms with van der Waals surface area (Å²) in [6.07, 6.45) is 0.931. The van der Waals surface area contributed by atoms with E-state index in [4.69, 9.17) is 0 Å². The lowest BCUT2D eigenvalue weighted by molar-refractivity contribution is 0.102. The van der Waals surface area contributed by atoms with E-state index in [0.717, 1.165) is 11.8 Å². The summed E-state index contributed by atoms with van der Waals surface area (Å²) in [7, 11) is 0. The number of rotatable bonds is 4. The van der Waals surface area contributed by atoms with Crippen LogP contribution in [0.15, 0.2) is 42.5 Å². The van der Waals surface area contributed by atoms with Crippen molar-refractivity contribution in [2.24, 2.45) is 0 Å². The molecule has 0 radical (unpaired) electrons. The Kier molecular flexibility index (Phi) is 4.90. The van der Waals surface area contributed by atoms with Crippen LogP contribution in [0.25, 0.3) is 0 Å². The van der Waals surface area contributed by atoms with Crippen molar-refractivity contribution in [2.45, 2.75) is 13.3 Å². The number of hydrogen-bond acceptors (Lipinski definition) is 1. The number of amides is 1. The zero-order chi connectivity index (χ0) is 14.5. The lowest BCUT2D eigenvalue weighted by Gasteiger charge is -2.08. The lowest BCUT2D eigenvalue weighted by Crippen LogP contribution is -2.14. The molecule has 2 nitrogen and oxygen atoms in total. The molecule has 2 aromatic rings. The van der Waals surface area contributed by atoms with Gasteiger partial charge in [0.1, 0.15) is 5.82 Å². The molecule has 0 heterocycles. The molecular formula is C16H15BrFNO. The van der Waals surface area contributed by atoms with Gasteiger partial charge in [0, 0.05) is 11.0 Å². The summed E-state index contributed by atoms with van der Waals surface area (Å²) in [6, 6.07) is 12.3. The van der Waals surface area contributed by atoms with Crippen molar-refractivity contribution in [1.29, 1.82) is 0 Å². The molecule has 0 atom stereocenters. The molecule has 2 aromatic carbocycles. The van der Waals surface area contributed by atoms with Gasteiger partial charge in [-0.2, -0.15) is 0 Å². The van der Waals surface area contributed by atoms with E-state index in [0.29, 0.717) is 11.3 Å². The summed E-state index contributed by atoms with van der Waals surface area (Å²) in [5, 5.41) is 3.60. The molecule has 0 unspecified atom stereocenters. The Morgan fingerprint density at radius 3 is 2.55 bits per heavy atom.